The molecule has 0 saturated carbocycles. The molecule has 0 radical (unpaired) electrons. The van der Waals surface area contributed by atoms with Gasteiger partial charge in [0.05, 0.1) is 16.6 Å². The minimum absolute atomic E-state index is 0.218. The lowest BCUT2D eigenvalue weighted by Crippen LogP contribution is -2.42. The molecule has 0 unspecified atom stereocenters. The predicted octanol–water partition coefficient (Wildman–Crippen LogP) is 3.03. The Hall–Kier alpha value is -2.81. The fourth-order valence-corrected chi connectivity index (χ4v) is 3.51. The molecule has 1 saturated heterocycles. The van der Waals surface area contributed by atoms with Gasteiger partial charge >= 0.3 is 11.9 Å². The number of alkyl halides is 3. The summed E-state index contributed by atoms with van der Waals surface area (Å²) in [6.45, 7) is 2.16. The zero-order chi connectivity index (χ0) is 19.7. The van der Waals surface area contributed by atoms with Gasteiger partial charge in [0.15, 0.2) is 0 Å². The van der Waals surface area contributed by atoms with Crippen LogP contribution in [0, 0.1) is 0 Å². The number of H-pyrrole nitrogens is 2. The number of piperidine rings is 1. The van der Waals surface area contributed by atoms with Gasteiger partial charge in [-0.3, -0.25) is 0 Å². The van der Waals surface area contributed by atoms with Crippen LogP contribution in [0.3, 0.4) is 0 Å². The van der Waals surface area contributed by atoms with Gasteiger partial charge in [0.1, 0.15) is 5.82 Å². The van der Waals surface area contributed by atoms with E-state index in [0.717, 1.165) is 54.8 Å². The Bertz CT molecular complexity index is 1000. The fourth-order valence-electron chi connectivity index (χ4n) is 3.51. The summed E-state index contributed by atoms with van der Waals surface area (Å²) >= 11 is 0. The monoisotopic (exact) mass is 391 g/mol. The van der Waals surface area contributed by atoms with Crippen molar-refractivity contribution in [3.8, 4) is 0 Å². The van der Waals surface area contributed by atoms with Crippen molar-refractivity contribution in [2.75, 3.05) is 18.0 Å². The van der Waals surface area contributed by atoms with Gasteiger partial charge in [-0.1, -0.05) is 6.07 Å². The van der Waals surface area contributed by atoms with Gasteiger partial charge in [0.2, 0.25) is 0 Å². The first-order chi connectivity index (χ1) is 13.4. The Balaban J connectivity index is 1.30. The molecule has 3 aromatic rings. The zero-order valence-corrected chi connectivity index (χ0v) is 15.0. The van der Waals surface area contributed by atoms with Crippen molar-refractivity contribution in [1.29, 1.82) is 0 Å². The molecule has 3 N–H and O–H groups in total. The molecule has 1 aliphatic rings. The van der Waals surface area contributed by atoms with E-state index in [0.29, 0.717) is 18.4 Å². The molecule has 148 valence electrons. The van der Waals surface area contributed by atoms with Gasteiger partial charge in [0, 0.05) is 31.9 Å². The molecule has 0 atom stereocenters. The number of imidazole rings is 1. The number of fused-ring (bicyclic) bond motifs is 1. The maximum Gasteiger partial charge on any atom is 0.417 e. The Kier molecular flexibility index (Phi) is 4.84. The highest BCUT2D eigenvalue weighted by Gasteiger charge is 2.31. The highest BCUT2D eigenvalue weighted by atomic mass is 19.4. The van der Waals surface area contributed by atoms with Gasteiger partial charge in [-0.05, 0) is 42.7 Å². The number of nitrogens with one attached hydrogen (secondary N) is 3. The Labute approximate surface area is 158 Å². The summed E-state index contributed by atoms with van der Waals surface area (Å²) in [4.78, 5) is 22.8. The average Bonchev–Trinajstić information content (AvgIpc) is 3.05. The third-order valence-corrected chi connectivity index (χ3v) is 5.07. The van der Waals surface area contributed by atoms with Gasteiger partial charge in [-0.25, -0.2) is 9.78 Å². The van der Waals surface area contributed by atoms with Gasteiger partial charge in [-0.2, -0.15) is 13.2 Å². The summed E-state index contributed by atoms with van der Waals surface area (Å²) < 4.78 is 37.9. The van der Waals surface area contributed by atoms with Gasteiger partial charge in [0.25, 0.3) is 0 Å². The second-order valence-corrected chi connectivity index (χ2v) is 7.00. The Morgan fingerprint density at radius 3 is 2.54 bits per heavy atom. The molecular weight excluding hydrogens is 371 g/mol. The number of nitrogens with zero attached hydrogens (tertiary/aromatic N) is 2. The quantitative estimate of drug-likeness (QED) is 0.639. The highest BCUT2D eigenvalue weighted by Crippen LogP contribution is 2.29. The van der Waals surface area contributed by atoms with E-state index in [1.54, 1.807) is 0 Å². The second kappa shape index (κ2) is 7.31. The molecule has 0 aliphatic carbocycles. The minimum Gasteiger partial charge on any atom is -0.357 e. The first kappa shape index (κ1) is 18.5. The smallest absolute Gasteiger partial charge is 0.357 e. The molecule has 4 rings (SSSR count). The molecule has 28 heavy (non-hydrogen) atoms. The number of anilines is 1. The highest BCUT2D eigenvalue weighted by molar-refractivity contribution is 5.74. The van der Waals surface area contributed by atoms with Crippen LogP contribution in [0.1, 0.15) is 24.0 Å². The number of rotatable bonds is 4. The molecule has 9 heteroatoms. The van der Waals surface area contributed by atoms with Crippen molar-refractivity contribution in [2.45, 2.75) is 31.6 Å². The topological polar surface area (TPSA) is 76.8 Å². The van der Waals surface area contributed by atoms with Crippen LogP contribution < -0.4 is 15.9 Å². The van der Waals surface area contributed by atoms with Crippen molar-refractivity contribution in [2.24, 2.45) is 0 Å². The van der Waals surface area contributed by atoms with Crippen LogP contribution in [0.5, 0.6) is 0 Å². The number of hydrogen-bond donors (Lipinski definition) is 3. The summed E-state index contributed by atoms with van der Waals surface area (Å²) in [7, 11) is 0. The van der Waals surface area contributed by atoms with Crippen molar-refractivity contribution in [1.82, 2.24) is 20.3 Å². The van der Waals surface area contributed by atoms with Crippen LogP contribution in [-0.2, 0) is 12.7 Å². The molecule has 1 aromatic carbocycles. The van der Waals surface area contributed by atoms with Crippen molar-refractivity contribution >= 4 is 16.9 Å². The Morgan fingerprint density at radius 2 is 1.86 bits per heavy atom. The molecule has 2 aromatic heterocycles. The van der Waals surface area contributed by atoms with Crippen molar-refractivity contribution in [3.63, 3.8) is 0 Å². The van der Waals surface area contributed by atoms with Crippen LogP contribution in [-0.4, -0.2) is 34.1 Å². The summed E-state index contributed by atoms with van der Waals surface area (Å²) in [6, 6.07) is 8.63. The van der Waals surface area contributed by atoms with E-state index >= 15 is 0 Å². The maximum atomic E-state index is 12.6. The number of benzene rings is 1. The number of pyridine rings is 1. The number of hydrogen-bond acceptors (Lipinski definition) is 4. The lowest BCUT2D eigenvalue weighted by molar-refractivity contribution is -0.137. The van der Waals surface area contributed by atoms with E-state index in [4.69, 9.17) is 0 Å². The summed E-state index contributed by atoms with van der Waals surface area (Å²) in [5.41, 5.74) is 1.70. The van der Waals surface area contributed by atoms with E-state index < -0.39 is 11.7 Å². The third-order valence-electron chi connectivity index (χ3n) is 5.07. The van der Waals surface area contributed by atoms with E-state index in [1.807, 2.05) is 23.1 Å². The lowest BCUT2D eigenvalue weighted by Gasteiger charge is -2.33. The van der Waals surface area contributed by atoms with E-state index in [9.17, 15) is 18.0 Å². The molecule has 1 aliphatic heterocycles. The molecular formula is C19H20F3N5O. The van der Waals surface area contributed by atoms with Gasteiger partial charge < -0.3 is 20.2 Å². The van der Waals surface area contributed by atoms with Crippen LogP contribution in [0.4, 0.5) is 19.0 Å². The number of aromatic amines is 2. The lowest BCUT2D eigenvalue weighted by atomic mass is 10.0. The molecule has 1 fully saturated rings. The first-order valence-electron chi connectivity index (χ1n) is 9.11. The van der Waals surface area contributed by atoms with Gasteiger partial charge in [-0.15, -0.1) is 0 Å². The van der Waals surface area contributed by atoms with Crippen molar-refractivity contribution in [3.05, 3.63) is 58.1 Å². The second-order valence-electron chi connectivity index (χ2n) is 7.00. The van der Waals surface area contributed by atoms with Crippen LogP contribution in [0.25, 0.3) is 11.0 Å². The normalized spacial score (nSPS) is 16.0. The van der Waals surface area contributed by atoms with Crippen LogP contribution in [0.15, 0.2) is 41.3 Å². The molecule has 3 heterocycles. The zero-order valence-electron chi connectivity index (χ0n) is 15.0. The van der Waals surface area contributed by atoms with E-state index in [1.165, 1.54) is 6.07 Å². The number of halogens is 3. The van der Waals surface area contributed by atoms with Crippen LogP contribution >= 0.6 is 0 Å². The minimum atomic E-state index is -4.36. The molecule has 0 bridgehead atoms. The van der Waals surface area contributed by atoms with Crippen molar-refractivity contribution < 1.29 is 13.2 Å². The predicted molar refractivity (Wildman–Crippen MR) is 100 cm³/mol. The average molecular weight is 391 g/mol. The summed E-state index contributed by atoms with van der Waals surface area (Å²) in [5, 5.41) is 3.51. The standard InChI is InChI=1S/C19H20F3N5O/c20-19(21,22)13-2-4-17(24-11-13)27-7-5-14(6-8-27)23-10-12-1-3-15-16(9-12)26-18(28)25-15/h1-4,9,11,14,23H,5-8,10H2,(H2,25,26,28). The Morgan fingerprint density at radius 1 is 1.11 bits per heavy atom. The van der Waals surface area contributed by atoms with E-state index in [2.05, 4.69) is 20.3 Å². The maximum absolute atomic E-state index is 12.6. The molecule has 0 spiro atoms. The summed E-state index contributed by atoms with van der Waals surface area (Å²) in [6.07, 6.45) is -1.71. The SMILES string of the molecule is O=c1[nH]c2ccc(CNC3CCN(c4ccc(C(F)(F)F)cn4)CC3)cc2[nH]1. The fraction of sp³-hybridized carbons (Fsp3) is 0.368. The first-order valence-corrected chi connectivity index (χ1v) is 9.11. The summed E-state index contributed by atoms with van der Waals surface area (Å²) in [5.74, 6) is 0.577. The number of aromatic nitrogens is 3. The molecule has 0 amide bonds. The largest absolute Gasteiger partial charge is 0.417 e. The van der Waals surface area contributed by atoms with Crippen LogP contribution in [0.2, 0.25) is 0 Å². The van der Waals surface area contributed by atoms with E-state index in [-0.39, 0.29) is 5.69 Å². The molecule has 6 nitrogen and oxygen atoms in total. The third kappa shape index (κ3) is 4.04.